The lowest BCUT2D eigenvalue weighted by molar-refractivity contribution is -0.0908. The highest BCUT2D eigenvalue weighted by atomic mass is 19.3. The van der Waals surface area contributed by atoms with Crippen LogP contribution in [0.25, 0.3) is 0 Å². The van der Waals surface area contributed by atoms with Crippen LogP contribution in [0.4, 0.5) is 8.78 Å². The molecule has 0 bridgehead atoms. The van der Waals surface area contributed by atoms with Crippen molar-refractivity contribution in [2.45, 2.75) is 31.2 Å². The van der Waals surface area contributed by atoms with Crippen molar-refractivity contribution in [1.82, 2.24) is 10.3 Å². The molecule has 3 nitrogen and oxygen atoms in total. The van der Waals surface area contributed by atoms with Gasteiger partial charge in [0.15, 0.2) is 0 Å². The van der Waals surface area contributed by atoms with Gasteiger partial charge in [-0.1, -0.05) is 0 Å². The summed E-state index contributed by atoms with van der Waals surface area (Å²) in [5.41, 5.74) is 0. The Balaban J connectivity index is 1.98. The normalized spacial score (nSPS) is 20.8. The molecule has 1 aliphatic carbocycles. The van der Waals surface area contributed by atoms with E-state index in [9.17, 15) is 8.78 Å². The van der Waals surface area contributed by atoms with Gasteiger partial charge in [0.05, 0.1) is 12.7 Å². The smallest absolute Gasteiger partial charge is 0.249 e. The second kappa shape index (κ2) is 3.31. The summed E-state index contributed by atoms with van der Waals surface area (Å²) in [4.78, 5) is 3.98. The highest BCUT2D eigenvalue weighted by Crippen LogP contribution is 2.48. The zero-order chi connectivity index (χ0) is 10.2. The van der Waals surface area contributed by atoms with E-state index in [-0.39, 0.29) is 18.8 Å². The molecule has 0 saturated heterocycles. The molecule has 0 aliphatic heterocycles. The predicted octanol–water partition coefficient (Wildman–Crippen LogP) is 1.91. The fourth-order valence-corrected chi connectivity index (χ4v) is 1.61. The topological polar surface area (TPSA) is 38.1 Å². The first-order valence-corrected chi connectivity index (χ1v) is 4.58. The summed E-state index contributed by atoms with van der Waals surface area (Å²) >= 11 is 0. The fraction of sp³-hybridized carbons (Fsp3) is 0.667. The third kappa shape index (κ3) is 1.77. The van der Waals surface area contributed by atoms with Gasteiger partial charge in [-0.2, -0.15) is 0 Å². The van der Waals surface area contributed by atoms with Gasteiger partial charge < -0.3 is 9.73 Å². The van der Waals surface area contributed by atoms with E-state index in [4.69, 9.17) is 4.42 Å². The van der Waals surface area contributed by atoms with Crippen molar-refractivity contribution < 1.29 is 13.2 Å². The number of halogens is 2. The molecule has 0 atom stereocenters. The zero-order valence-corrected chi connectivity index (χ0v) is 7.89. The van der Waals surface area contributed by atoms with Crippen LogP contribution in [0, 0.1) is 0 Å². The third-order valence-electron chi connectivity index (χ3n) is 2.39. The van der Waals surface area contributed by atoms with Crippen LogP contribution in [0.15, 0.2) is 10.6 Å². The van der Waals surface area contributed by atoms with Crippen molar-refractivity contribution in [3.63, 3.8) is 0 Å². The maximum absolute atomic E-state index is 12.6. The number of oxazole rings is 1. The second-order valence-electron chi connectivity index (χ2n) is 3.65. The maximum atomic E-state index is 12.6. The van der Waals surface area contributed by atoms with Crippen LogP contribution in [-0.2, 0) is 6.54 Å². The molecule has 0 spiro atoms. The van der Waals surface area contributed by atoms with Crippen LogP contribution >= 0.6 is 0 Å². The molecule has 1 aromatic rings. The van der Waals surface area contributed by atoms with E-state index in [0.717, 1.165) is 0 Å². The van der Waals surface area contributed by atoms with Gasteiger partial charge in [-0.3, -0.25) is 0 Å². The Morgan fingerprint density at radius 2 is 2.36 bits per heavy atom. The average Bonchev–Trinajstić information content (AvgIpc) is 2.49. The molecule has 0 amide bonds. The number of nitrogens with one attached hydrogen (secondary N) is 1. The molecule has 0 unspecified atom stereocenters. The van der Waals surface area contributed by atoms with Gasteiger partial charge in [-0.25, -0.2) is 13.8 Å². The molecular formula is C9H12F2N2O. The van der Waals surface area contributed by atoms with Gasteiger partial charge in [0, 0.05) is 18.8 Å². The summed E-state index contributed by atoms with van der Waals surface area (Å²) in [7, 11) is 1.78. The second-order valence-corrected chi connectivity index (χ2v) is 3.65. The highest BCUT2D eigenvalue weighted by Gasteiger charge is 2.47. The lowest BCUT2D eigenvalue weighted by Crippen LogP contribution is -2.33. The van der Waals surface area contributed by atoms with Crippen molar-refractivity contribution in [3.8, 4) is 0 Å². The van der Waals surface area contributed by atoms with Gasteiger partial charge in [0.25, 0.3) is 0 Å². The highest BCUT2D eigenvalue weighted by molar-refractivity contribution is 5.09. The van der Waals surface area contributed by atoms with Crippen molar-refractivity contribution in [2.24, 2.45) is 0 Å². The van der Waals surface area contributed by atoms with Crippen LogP contribution in [0.5, 0.6) is 0 Å². The molecule has 5 heteroatoms. The van der Waals surface area contributed by atoms with Gasteiger partial charge >= 0.3 is 0 Å². The lowest BCUT2D eigenvalue weighted by atomic mass is 9.80. The van der Waals surface area contributed by atoms with Gasteiger partial charge in [-0.15, -0.1) is 0 Å². The zero-order valence-electron chi connectivity index (χ0n) is 7.89. The minimum Gasteiger partial charge on any atom is -0.444 e. The van der Waals surface area contributed by atoms with Crippen LogP contribution in [0.2, 0.25) is 0 Å². The summed E-state index contributed by atoms with van der Waals surface area (Å²) in [6.07, 6.45) is 1.33. The summed E-state index contributed by atoms with van der Waals surface area (Å²) < 4.78 is 30.4. The molecular weight excluding hydrogens is 190 g/mol. The van der Waals surface area contributed by atoms with E-state index < -0.39 is 5.92 Å². The van der Waals surface area contributed by atoms with Crippen molar-refractivity contribution >= 4 is 0 Å². The first-order chi connectivity index (χ1) is 6.61. The number of aromatic nitrogens is 1. The Hall–Kier alpha value is -0.970. The number of rotatable bonds is 3. The summed E-state index contributed by atoms with van der Waals surface area (Å²) in [6.45, 7) is 0.531. The number of hydrogen-bond donors (Lipinski definition) is 1. The molecule has 14 heavy (non-hydrogen) atoms. The SMILES string of the molecule is CNCc1ncc(C2CC(F)(F)C2)o1. The van der Waals surface area contributed by atoms with E-state index in [1.165, 1.54) is 0 Å². The van der Waals surface area contributed by atoms with Crippen LogP contribution in [0.1, 0.15) is 30.4 Å². The van der Waals surface area contributed by atoms with E-state index in [1.54, 1.807) is 13.2 Å². The van der Waals surface area contributed by atoms with E-state index >= 15 is 0 Å². The van der Waals surface area contributed by atoms with E-state index in [1.807, 2.05) is 0 Å². The largest absolute Gasteiger partial charge is 0.444 e. The lowest BCUT2D eigenvalue weighted by Gasteiger charge is -2.33. The Kier molecular flexibility index (Phi) is 2.26. The maximum Gasteiger partial charge on any atom is 0.249 e. The van der Waals surface area contributed by atoms with Crippen molar-refractivity contribution in [2.75, 3.05) is 7.05 Å². The van der Waals surface area contributed by atoms with E-state index in [2.05, 4.69) is 10.3 Å². The predicted molar refractivity (Wildman–Crippen MR) is 46.2 cm³/mol. The molecule has 1 fully saturated rings. The standard InChI is InChI=1S/C9H12F2N2O/c1-12-5-8-13-4-7(14-8)6-2-9(10,11)3-6/h4,6,12H,2-3,5H2,1H3. The molecule has 78 valence electrons. The average molecular weight is 202 g/mol. The fourth-order valence-electron chi connectivity index (χ4n) is 1.61. The van der Waals surface area contributed by atoms with Crippen molar-refractivity contribution in [1.29, 1.82) is 0 Å². The molecule has 0 aromatic carbocycles. The summed E-state index contributed by atoms with van der Waals surface area (Å²) in [6, 6.07) is 0. The van der Waals surface area contributed by atoms with Gasteiger partial charge in [0.1, 0.15) is 5.76 Å². The number of hydrogen-bond acceptors (Lipinski definition) is 3. The minimum atomic E-state index is -2.50. The third-order valence-corrected chi connectivity index (χ3v) is 2.39. The van der Waals surface area contributed by atoms with Crippen LogP contribution in [0.3, 0.4) is 0 Å². The molecule has 1 aliphatic rings. The minimum absolute atomic E-state index is 0.110. The Bertz CT molecular complexity index is 316. The Morgan fingerprint density at radius 3 is 2.93 bits per heavy atom. The molecule has 1 heterocycles. The number of alkyl halides is 2. The Morgan fingerprint density at radius 1 is 1.64 bits per heavy atom. The first kappa shape index (κ1) is 9.58. The Labute approximate surface area is 80.5 Å². The number of nitrogens with zero attached hydrogens (tertiary/aromatic N) is 1. The van der Waals surface area contributed by atoms with Crippen LogP contribution < -0.4 is 5.32 Å². The summed E-state index contributed by atoms with van der Waals surface area (Å²) in [5, 5.41) is 2.88. The van der Waals surface area contributed by atoms with E-state index in [0.29, 0.717) is 18.2 Å². The molecule has 2 rings (SSSR count). The van der Waals surface area contributed by atoms with Gasteiger partial charge in [0.2, 0.25) is 11.8 Å². The quantitative estimate of drug-likeness (QED) is 0.813. The molecule has 1 N–H and O–H groups in total. The molecule has 1 aromatic heterocycles. The van der Waals surface area contributed by atoms with Crippen molar-refractivity contribution in [3.05, 3.63) is 17.8 Å². The summed E-state index contributed by atoms with van der Waals surface area (Å²) in [5.74, 6) is -1.51. The molecule has 0 radical (unpaired) electrons. The molecule has 1 saturated carbocycles. The first-order valence-electron chi connectivity index (χ1n) is 4.58. The monoisotopic (exact) mass is 202 g/mol. The van der Waals surface area contributed by atoms with Gasteiger partial charge in [-0.05, 0) is 7.05 Å². The van der Waals surface area contributed by atoms with Crippen LogP contribution in [-0.4, -0.2) is 18.0 Å².